The van der Waals surface area contributed by atoms with E-state index >= 15 is 0 Å². The molecule has 1 aliphatic heterocycles. The molecule has 0 amide bonds. The Kier molecular flexibility index (Phi) is 9.34. The molecule has 3 aliphatic rings. The van der Waals surface area contributed by atoms with Gasteiger partial charge in [-0.1, -0.05) is 155 Å². The van der Waals surface area contributed by atoms with Crippen LogP contribution in [0.1, 0.15) is 49.9 Å². The van der Waals surface area contributed by atoms with Crippen LogP contribution >= 0.6 is 0 Å². The first-order valence-electron chi connectivity index (χ1n) is 26.9. The van der Waals surface area contributed by atoms with Crippen molar-refractivity contribution in [3.05, 3.63) is 253 Å². The van der Waals surface area contributed by atoms with Crippen molar-refractivity contribution >= 4 is 49.8 Å². The number of pyridine rings is 4. The maximum absolute atomic E-state index is 5.65. The van der Waals surface area contributed by atoms with E-state index in [1.807, 2.05) is 24.5 Å². The largest absolute Gasteiger partial charge is 0.294 e. The summed E-state index contributed by atoms with van der Waals surface area (Å²) in [6.07, 6.45) is 3.74. The standard InChI is InChI=1S/C72H50N6/c1-71(2)56-19-7-5-16-46(56)51-38-44(28-33-58(51)71)61-23-14-26-68(75-61)77-64-35-30-43(60-21-9-11-36-73-60)40-53(64)55-41-54-50-32-31-48(63-22-10-12-37-74-63)49-18-13-25-65(70(49)50)78(66(54)42-67(55)77)69-27-15-24-62(76-69)45-29-34-59-52(39-45)47-17-6-8-20-57(47)72(59,3)4/h5-42H,1-4H3. The van der Waals surface area contributed by atoms with Gasteiger partial charge in [-0.05, 0) is 146 Å². The molecule has 0 bridgehead atoms. The van der Waals surface area contributed by atoms with Crippen LogP contribution in [0.5, 0.6) is 0 Å². The van der Waals surface area contributed by atoms with Crippen molar-refractivity contribution in [1.82, 2.24) is 24.5 Å². The first-order valence-corrected chi connectivity index (χ1v) is 26.9. The summed E-state index contributed by atoms with van der Waals surface area (Å²) in [7, 11) is 0. The first kappa shape index (κ1) is 44.5. The highest BCUT2D eigenvalue weighted by Gasteiger charge is 2.37. The number of nitrogens with zero attached hydrogens (tertiary/aromatic N) is 6. The lowest BCUT2D eigenvalue weighted by atomic mass is 9.82. The lowest BCUT2D eigenvalue weighted by molar-refractivity contribution is 0.660. The first-order chi connectivity index (χ1) is 38.2. The van der Waals surface area contributed by atoms with Gasteiger partial charge in [-0.25, -0.2) is 9.97 Å². The Morgan fingerprint density at radius 1 is 0.321 bits per heavy atom. The zero-order valence-electron chi connectivity index (χ0n) is 43.6. The van der Waals surface area contributed by atoms with Gasteiger partial charge < -0.3 is 0 Å². The molecule has 0 atom stereocenters. The van der Waals surface area contributed by atoms with E-state index in [9.17, 15) is 0 Å². The van der Waals surface area contributed by atoms with Gasteiger partial charge in [0.15, 0.2) is 0 Å². The van der Waals surface area contributed by atoms with Gasteiger partial charge in [0.2, 0.25) is 0 Å². The van der Waals surface area contributed by atoms with E-state index in [0.717, 1.165) is 112 Å². The number of rotatable bonds is 6. The van der Waals surface area contributed by atoms with Crippen LogP contribution in [0, 0.1) is 0 Å². The van der Waals surface area contributed by atoms with Gasteiger partial charge in [-0.2, -0.15) is 0 Å². The Hall–Kier alpha value is -9.78. The number of aromatic nitrogens is 5. The van der Waals surface area contributed by atoms with Crippen LogP contribution in [0.4, 0.5) is 17.2 Å². The molecule has 16 rings (SSSR count). The van der Waals surface area contributed by atoms with Crippen LogP contribution in [-0.4, -0.2) is 24.5 Å². The van der Waals surface area contributed by atoms with Gasteiger partial charge in [-0.3, -0.25) is 19.4 Å². The predicted molar refractivity (Wildman–Crippen MR) is 320 cm³/mol. The minimum atomic E-state index is -0.0893. The third-order valence-corrected chi connectivity index (χ3v) is 17.3. The molecule has 368 valence electrons. The number of fused-ring (bicyclic) bond motifs is 11. The minimum Gasteiger partial charge on any atom is -0.294 e. The normalized spacial score (nSPS) is 14.1. The van der Waals surface area contributed by atoms with Crippen molar-refractivity contribution < 1.29 is 0 Å². The maximum atomic E-state index is 5.65. The summed E-state index contributed by atoms with van der Waals surface area (Å²) in [5, 5.41) is 4.53. The zero-order valence-corrected chi connectivity index (χ0v) is 43.6. The van der Waals surface area contributed by atoms with E-state index in [1.165, 1.54) is 44.5 Å². The lowest BCUT2D eigenvalue weighted by Gasteiger charge is -2.33. The molecule has 0 saturated heterocycles. The Labute approximate surface area is 452 Å². The number of hydrogen-bond donors (Lipinski definition) is 0. The Balaban J connectivity index is 0.934. The monoisotopic (exact) mass is 998 g/mol. The molecule has 8 aromatic carbocycles. The SMILES string of the molecule is CC1(C)c2ccccc2-c2cc(-c3cccc(N4c5cc6c(cc5-c5ccc(-c7ccccn7)c7cccc4c57)c4cc(-c5ccccn5)ccc4n6-c4cccc(-c5ccc6c(c5)-c5ccccc5C6(C)C)n4)n3)ccc21. The molecular formula is C72H50N6. The second kappa shape index (κ2) is 16.4. The van der Waals surface area contributed by atoms with Crippen LogP contribution in [-0.2, 0) is 10.8 Å². The van der Waals surface area contributed by atoms with E-state index in [1.54, 1.807) is 0 Å². The molecule has 6 heterocycles. The second-order valence-corrected chi connectivity index (χ2v) is 22.2. The number of hydrogen-bond acceptors (Lipinski definition) is 5. The summed E-state index contributed by atoms with van der Waals surface area (Å²) in [4.78, 5) is 23.3. The van der Waals surface area contributed by atoms with Crippen molar-refractivity contribution in [3.8, 4) is 84.2 Å². The predicted octanol–water partition coefficient (Wildman–Crippen LogP) is 18.2. The molecule has 6 heteroatoms. The molecule has 2 aliphatic carbocycles. The Morgan fingerprint density at radius 2 is 0.859 bits per heavy atom. The lowest BCUT2D eigenvalue weighted by Crippen LogP contribution is -2.17. The summed E-state index contributed by atoms with van der Waals surface area (Å²) in [6, 6.07) is 79.4. The average Bonchev–Trinajstić information content (AvgIpc) is 4.07. The van der Waals surface area contributed by atoms with Crippen LogP contribution in [0.25, 0.3) is 117 Å². The van der Waals surface area contributed by atoms with Crippen molar-refractivity contribution in [3.63, 3.8) is 0 Å². The van der Waals surface area contributed by atoms with Crippen molar-refractivity contribution in [2.24, 2.45) is 0 Å². The van der Waals surface area contributed by atoms with Gasteiger partial charge in [-0.15, -0.1) is 0 Å². The summed E-state index contributed by atoms with van der Waals surface area (Å²) in [6.45, 7) is 9.32. The Morgan fingerprint density at radius 3 is 1.53 bits per heavy atom. The van der Waals surface area contributed by atoms with Gasteiger partial charge in [0, 0.05) is 67.2 Å². The molecule has 6 nitrogen and oxygen atoms in total. The van der Waals surface area contributed by atoms with Gasteiger partial charge in [0.1, 0.15) is 11.6 Å². The third kappa shape index (κ3) is 6.37. The molecule has 0 N–H and O–H groups in total. The van der Waals surface area contributed by atoms with E-state index in [4.69, 9.17) is 19.9 Å². The maximum Gasteiger partial charge on any atom is 0.138 e. The average molecular weight is 999 g/mol. The van der Waals surface area contributed by atoms with E-state index < -0.39 is 0 Å². The molecule has 0 fully saturated rings. The fourth-order valence-electron chi connectivity index (χ4n) is 13.5. The van der Waals surface area contributed by atoms with E-state index in [-0.39, 0.29) is 10.8 Å². The van der Waals surface area contributed by atoms with Gasteiger partial charge in [0.05, 0.1) is 45.2 Å². The highest BCUT2D eigenvalue weighted by atomic mass is 15.2. The van der Waals surface area contributed by atoms with Crippen molar-refractivity contribution in [2.75, 3.05) is 4.90 Å². The highest BCUT2D eigenvalue weighted by Crippen LogP contribution is 2.55. The van der Waals surface area contributed by atoms with Gasteiger partial charge in [0.25, 0.3) is 0 Å². The molecule has 0 unspecified atom stereocenters. The number of benzene rings is 8. The topological polar surface area (TPSA) is 59.7 Å². The molecule has 0 saturated carbocycles. The second-order valence-electron chi connectivity index (χ2n) is 22.2. The zero-order chi connectivity index (χ0) is 52.0. The molecule has 5 aromatic heterocycles. The van der Waals surface area contributed by atoms with E-state index in [2.05, 4.69) is 243 Å². The summed E-state index contributed by atoms with van der Waals surface area (Å²) in [5.41, 5.74) is 24.8. The molecule has 78 heavy (non-hydrogen) atoms. The Bertz CT molecular complexity index is 4680. The van der Waals surface area contributed by atoms with Crippen LogP contribution in [0.15, 0.2) is 231 Å². The van der Waals surface area contributed by atoms with Gasteiger partial charge >= 0.3 is 0 Å². The number of anilines is 3. The van der Waals surface area contributed by atoms with E-state index in [0.29, 0.717) is 0 Å². The third-order valence-electron chi connectivity index (χ3n) is 17.3. The quantitative estimate of drug-likeness (QED) is 0.166. The van der Waals surface area contributed by atoms with Crippen molar-refractivity contribution in [1.29, 1.82) is 0 Å². The van der Waals surface area contributed by atoms with Crippen LogP contribution < -0.4 is 4.90 Å². The fourth-order valence-corrected chi connectivity index (χ4v) is 13.5. The summed E-state index contributed by atoms with van der Waals surface area (Å²) >= 11 is 0. The van der Waals surface area contributed by atoms with Crippen LogP contribution in [0.2, 0.25) is 0 Å². The van der Waals surface area contributed by atoms with Crippen LogP contribution in [0.3, 0.4) is 0 Å². The molecular weight excluding hydrogens is 949 g/mol. The summed E-state index contributed by atoms with van der Waals surface area (Å²) in [5.74, 6) is 1.67. The molecule has 0 radical (unpaired) electrons. The summed E-state index contributed by atoms with van der Waals surface area (Å²) < 4.78 is 2.36. The molecule has 0 spiro atoms. The fraction of sp³-hybridized carbons (Fsp3) is 0.0833. The minimum absolute atomic E-state index is 0.0833. The molecule has 13 aromatic rings. The van der Waals surface area contributed by atoms with Crippen molar-refractivity contribution in [2.45, 2.75) is 38.5 Å². The smallest absolute Gasteiger partial charge is 0.138 e. The highest BCUT2D eigenvalue weighted by molar-refractivity contribution is 6.21.